The van der Waals surface area contributed by atoms with Crippen LogP contribution in [0.15, 0.2) is 18.5 Å². The van der Waals surface area contributed by atoms with Crippen molar-refractivity contribution in [3.63, 3.8) is 0 Å². The highest BCUT2D eigenvalue weighted by Gasteiger charge is 2.31. The second-order valence-corrected chi connectivity index (χ2v) is 5.83. The van der Waals surface area contributed by atoms with Crippen LogP contribution < -0.4 is 5.32 Å². The largest absolute Gasteiger partial charge is 0.351 e. The van der Waals surface area contributed by atoms with Crippen molar-refractivity contribution in [1.82, 2.24) is 10.3 Å². The third-order valence-electron chi connectivity index (χ3n) is 3.79. The molecule has 1 saturated carbocycles. The molecule has 1 aromatic rings. The fourth-order valence-electron chi connectivity index (χ4n) is 2.57. The van der Waals surface area contributed by atoms with E-state index in [2.05, 4.69) is 26.2 Å². The van der Waals surface area contributed by atoms with E-state index in [9.17, 15) is 9.18 Å². The van der Waals surface area contributed by atoms with Crippen molar-refractivity contribution in [1.29, 1.82) is 0 Å². The maximum Gasteiger partial charge on any atom is 0.252 e. The Kier molecular flexibility index (Phi) is 4.91. The summed E-state index contributed by atoms with van der Waals surface area (Å²) >= 11 is 3.56. The number of nitrogens with one attached hydrogen (secondary N) is 1. The molecule has 1 amide bonds. The van der Waals surface area contributed by atoms with E-state index in [4.69, 9.17) is 0 Å². The predicted molar refractivity (Wildman–Crippen MR) is 75.8 cm³/mol. The highest BCUT2D eigenvalue weighted by Crippen LogP contribution is 2.37. The van der Waals surface area contributed by atoms with E-state index in [1.54, 1.807) is 0 Å². The van der Waals surface area contributed by atoms with Crippen molar-refractivity contribution in [2.45, 2.75) is 32.1 Å². The second kappa shape index (κ2) is 6.46. The van der Waals surface area contributed by atoms with Crippen molar-refractivity contribution in [2.24, 2.45) is 5.41 Å². The third kappa shape index (κ3) is 3.75. The van der Waals surface area contributed by atoms with E-state index in [1.807, 2.05) is 0 Å². The Morgan fingerprint density at radius 2 is 2.11 bits per heavy atom. The van der Waals surface area contributed by atoms with Crippen molar-refractivity contribution in [3.05, 3.63) is 29.8 Å². The van der Waals surface area contributed by atoms with Crippen LogP contribution in [0.25, 0.3) is 0 Å². The fraction of sp³-hybridized carbons (Fsp3) is 0.571. The summed E-state index contributed by atoms with van der Waals surface area (Å²) in [5, 5.41) is 3.80. The molecule has 1 aliphatic carbocycles. The number of pyridine rings is 1. The summed E-state index contributed by atoms with van der Waals surface area (Å²) in [5.41, 5.74) is 0.426. The van der Waals surface area contributed by atoms with Crippen molar-refractivity contribution in [2.75, 3.05) is 11.9 Å². The van der Waals surface area contributed by atoms with E-state index in [-0.39, 0.29) is 16.9 Å². The van der Waals surface area contributed by atoms with Gasteiger partial charge in [-0.05, 0) is 24.3 Å². The minimum Gasteiger partial charge on any atom is -0.351 e. The number of aromatic nitrogens is 1. The minimum atomic E-state index is -0.486. The number of hydrogen-bond acceptors (Lipinski definition) is 2. The van der Waals surface area contributed by atoms with Gasteiger partial charge in [0.05, 0.1) is 11.8 Å². The molecule has 0 radical (unpaired) electrons. The molecule has 19 heavy (non-hydrogen) atoms. The predicted octanol–water partition coefficient (Wildman–Crippen LogP) is 3.30. The molecule has 2 rings (SSSR count). The van der Waals surface area contributed by atoms with Crippen molar-refractivity contribution >= 4 is 21.8 Å². The van der Waals surface area contributed by atoms with E-state index < -0.39 is 5.82 Å². The van der Waals surface area contributed by atoms with Gasteiger partial charge in [-0.2, -0.15) is 0 Å². The smallest absolute Gasteiger partial charge is 0.252 e. The van der Waals surface area contributed by atoms with Crippen LogP contribution in [0.4, 0.5) is 4.39 Å². The number of hydrogen-bond donors (Lipinski definition) is 1. The number of nitrogens with zero attached hydrogens (tertiary/aromatic N) is 1. The molecule has 5 heteroatoms. The lowest BCUT2D eigenvalue weighted by Gasteiger charge is -2.35. The number of amides is 1. The van der Waals surface area contributed by atoms with Crippen LogP contribution in [-0.2, 0) is 0 Å². The quantitative estimate of drug-likeness (QED) is 0.861. The van der Waals surface area contributed by atoms with Gasteiger partial charge in [-0.15, -0.1) is 0 Å². The Bertz CT molecular complexity index is 447. The summed E-state index contributed by atoms with van der Waals surface area (Å²) in [6.07, 6.45) is 8.43. The molecule has 1 N–H and O–H groups in total. The Morgan fingerprint density at radius 1 is 1.37 bits per heavy atom. The van der Waals surface area contributed by atoms with Gasteiger partial charge >= 0.3 is 0 Å². The SMILES string of the molecule is O=C(NCC1(CBr)CCCCC1)c1cncc(F)c1. The topological polar surface area (TPSA) is 42.0 Å². The number of rotatable bonds is 4. The zero-order chi connectivity index (χ0) is 13.7. The maximum atomic E-state index is 13.0. The average Bonchev–Trinajstić information content (AvgIpc) is 2.46. The summed E-state index contributed by atoms with van der Waals surface area (Å²) in [4.78, 5) is 15.7. The van der Waals surface area contributed by atoms with Gasteiger partial charge in [0.15, 0.2) is 0 Å². The molecule has 1 aliphatic rings. The van der Waals surface area contributed by atoms with E-state index in [0.717, 1.165) is 24.4 Å². The Balaban J connectivity index is 1.95. The van der Waals surface area contributed by atoms with Gasteiger partial charge in [-0.1, -0.05) is 35.2 Å². The Morgan fingerprint density at radius 3 is 2.74 bits per heavy atom. The summed E-state index contributed by atoms with van der Waals surface area (Å²) in [7, 11) is 0. The van der Waals surface area contributed by atoms with E-state index in [1.165, 1.54) is 31.5 Å². The molecule has 1 aromatic heterocycles. The molecule has 0 aromatic carbocycles. The van der Waals surface area contributed by atoms with Gasteiger partial charge in [0.25, 0.3) is 5.91 Å². The second-order valence-electron chi connectivity index (χ2n) is 5.27. The van der Waals surface area contributed by atoms with Gasteiger partial charge < -0.3 is 5.32 Å². The van der Waals surface area contributed by atoms with Crippen LogP contribution in [0, 0.1) is 11.2 Å². The Hall–Kier alpha value is -0.970. The summed E-state index contributed by atoms with van der Waals surface area (Å²) < 4.78 is 13.0. The molecule has 0 unspecified atom stereocenters. The van der Waals surface area contributed by atoms with Gasteiger partial charge in [-0.25, -0.2) is 4.39 Å². The zero-order valence-corrected chi connectivity index (χ0v) is 12.4. The summed E-state index contributed by atoms with van der Waals surface area (Å²) in [5.74, 6) is -0.738. The van der Waals surface area contributed by atoms with Crippen LogP contribution in [0.2, 0.25) is 0 Å². The first kappa shape index (κ1) is 14.4. The molecule has 0 bridgehead atoms. The standard InChI is InChI=1S/C14H18BrFN2O/c15-9-14(4-2-1-3-5-14)10-18-13(19)11-6-12(16)8-17-7-11/h6-8H,1-5,9-10H2,(H,18,19). The minimum absolute atomic E-state index is 0.147. The van der Waals surface area contributed by atoms with Crippen LogP contribution in [0.3, 0.4) is 0 Å². The lowest BCUT2D eigenvalue weighted by molar-refractivity contribution is 0.0921. The third-order valence-corrected chi connectivity index (χ3v) is 4.98. The molecule has 0 spiro atoms. The van der Waals surface area contributed by atoms with Crippen molar-refractivity contribution < 1.29 is 9.18 Å². The molecular formula is C14H18BrFN2O. The van der Waals surface area contributed by atoms with Gasteiger partial charge in [0.2, 0.25) is 0 Å². The monoisotopic (exact) mass is 328 g/mol. The molecule has 0 saturated heterocycles. The van der Waals surface area contributed by atoms with Crippen LogP contribution in [0.5, 0.6) is 0 Å². The molecule has 104 valence electrons. The molecule has 3 nitrogen and oxygen atoms in total. The molecule has 0 atom stereocenters. The Labute approximate surface area is 121 Å². The van der Waals surface area contributed by atoms with Crippen molar-refractivity contribution in [3.8, 4) is 0 Å². The maximum absolute atomic E-state index is 13.0. The van der Waals surface area contributed by atoms with E-state index in [0.29, 0.717) is 6.54 Å². The van der Waals surface area contributed by atoms with Crippen LogP contribution >= 0.6 is 15.9 Å². The zero-order valence-electron chi connectivity index (χ0n) is 10.8. The fourth-order valence-corrected chi connectivity index (χ4v) is 3.32. The lowest BCUT2D eigenvalue weighted by Crippen LogP contribution is -2.40. The number of halogens is 2. The molecule has 0 aliphatic heterocycles. The normalized spacial score (nSPS) is 18.0. The van der Waals surface area contributed by atoms with Crippen LogP contribution in [0.1, 0.15) is 42.5 Å². The number of carbonyl (C=O) groups excluding carboxylic acids is 1. The highest BCUT2D eigenvalue weighted by molar-refractivity contribution is 9.09. The highest BCUT2D eigenvalue weighted by atomic mass is 79.9. The molecule has 1 fully saturated rings. The van der Waals surface area contributed by atoms with Gasteiger partial charge in [-0.3, -0.25) is 9.78 Å². The van der Waals surface area contributed by atoms with Gasteiger partial charge in [0, 0.05) is 18.1 Å². The number of carbonyl (C=O) groups is 1. The average molecular weight is 329 g/mol. The molecule has 1 heterocycles. The summed E-state index contributed by atoms with van der Waals surface area (Å²) in [6.45, 7) is 0.633. The van der Waals surface area contributed by atoms with E-state index >= 15 is 0 Å². The molecular weight excluding hydrogens is 311 g/mol. The summed E-state index contributed by atoms with van der Waals surface area (Å²) in [6, 6.07) is 1.21. The van der Waals surface area contributed by atoms with Gasteiger partial charge in [0.1, 0.15) is 5.82 Å². The van der Waals surface area contributed by atoms with Crippen LogP contribution in [-0.4, -0.2) is 22.8 Å². The lowest BCUT2D eigenvalue weighted by atomic mass is 9.75. The first-order valence-corrected chi connectivity index (χ1v) is 7.72. The first-order chi connectivity index (χ1) is 9.15. The first-order valence-electron chi connectivity index (χ1n) is 6.60. The number of alkyl halides is 1.